The average Bonchev–Trinajstić information content (AvgIpc) is 2.87. The van der Waals surface area contributed by atoms with Crippen LogP contribution >= 0.6 is 11.6 Å². The van der Waals surface area contributed by atoms with Gasteiger partial charge in [0.2, 0.25) is 5.91 Å². The highest BCUT2D eigenvalue weighted by atomic mass is 35.5. The first-order valence-electron chi connectivity index (χ1n) is 11.1. The van der Waals surface area contributed by atoms with E-state index in [0.29, 0.717) is 58.6 Å². The number of hydrogen-bond acceptors (Lipinski definition) is 5. The lowest BCUT2D eigenvalue weighted by atomic mass is 10.1. The van der Waals surface area contributed by atoms with Gasteiger partial charge in [-0.2, -0.15) is 0 Å². The van der Waals surface area contributed by atoms with Crippen LogP contribution in [0.3, 0.4) is 0 Å². The highest BCUT2D eigenvalue weighted by Crippen LogP contribution is 2.38. The summed E-state index contributed by atoms with van der Waals surface area (Å²) in [5.41, 5.74) is 2.02. The highest BCUT2D eigenvalue weighted by molar-refractivity contribution is 6.32. The van der Waals surface area contributed by atoms with Crippen LogP contribution in [0.4, 0.5) is 0 Å². The molecule has 1 aromatic heterocycles. The van der Waals surface area contributed by atoms with Gasteiger partial charge in [-0.05, 0) is 41.5 Å². The predicted molar refractivity (Wildman–Crippen MR) is 135 cm³/mol. The van der Waals surface area contributed by atoms with Crippen LogP contribution in [0.2, 0.25) is 5.02 Å². The fraction of sp³-hybridized carbons (Fsp3) is 0.148. The molecule has 35 heavy (non-hydrogen) atoms. The molecule has 0 saturated carbocycles. The summed E-state index contributed by atoms with van der Waals surface area (Å²) in [4.78, 5) is 34.8. The van der Waals surface area contributed by atoms with Gasteiger partial charge >= 0.3 is 0 Å². The largest absolute Gasteiger partial charge is 0.486 e. The van der Waals surface area contributed by atoms with Crippen molar-refractivity contribution in [3.63, 3.8) is 0 Å². The number of nitrogens with zero attached hydrogens (tertiary/aromatic N) is 2. The fourth-order valence-corrected chi connectivity index (χ4v) is 4.18. The quantitative estimate of drug-likeness (QED) is 0.402. The summed E-state index contributed by atoms with van der Waals surface area (Å²) < 4.78 is 11.2. The molecule has 0 aliphatic carbocycles. The Bertz CT molecular complexity index is 1470. The van der Waals surface area contributed by atoms with Crippen LogP contribution in [0.25, 0.3) is 17.0 Å². The predicted octanol–water partition coefficient (Wildman–Crippen LogP) is 4.59. The number of aromatic nitrogens is 2. The van der Waals surface area contributed by atoms with Crippen LogP contribution in [-0.4, -0.2) is 34.0 Å². The van der Waals surface area contributed by atoms with Crippen LogP contribution in [0.1, 0.15) is 17.0 Å². The molecule has 1 N–H and O–H groups in total. The molecule has 176 valence electrons. The van der Waals surface area contributed by atoms with Gasteiger partial charge in [-0.25, -0.2) is 4.98 Å². The highest BCUT2D eigenvalue weighted by Gasteiger charge is 2.17. The molecule has 4 aromatic rings. The third-order valence-corrected chi connectivity index (χ3v) is 5.85. The normalized spacial score (nSPS) is 12.7. The second-order valence-electron chi connectivity index (χ2n) is 8.07. The topological polar surface area (TPSA) is 84.5 Å². The van der Waals surface area contributed by atoms with Gasteiger partial charge in [0, 0.05) is 12.6 Å². The van der Waals surface area contributed by atoms with Crippen molar-refractivity contribution in [3.05, 3.63) is 105 Å². The van der Waals surface area contributed by atoms with Crippen molar-refractivity contribution < 1.29 is 14.3 Å². The summed E-state index contributed by atoms with van der Waals surface area (Å²) in [6.07, 6.45) is 3.16. The number of amides is 1. The van der Waals surface area contributed by atoms with Crippen molar-refractivity contribution in [3.8, 4) is 11.5 Å². The number of benzene rings is 3. The van der Waals surface area contributed by atoms with Crippen molar-refractivity contribution in [2.75, 3.05) is 13.2 Å². The van der Waals surface area contributed by atoms with Crippen LogP contribution in [0, 0.1) is 0 Å². The summed E-state index contributed by atoms with van der Waals surface area (Å²) in [7, 11) is 0. The number of fused-ring (bicyclic) bond motifs is 2. The van der Waals surface area contributed by atoms with Gasteiger partial charge in [0.25, 0.3) is 5.56 Å². The number of halogens is 1. The number of ether oxygens (including phenoxy) is 2. The van der Waals surface area contributed by atoms with Gasteiger partial charge in [-0.15, -0.1) is 0 Å². The minimum atomic E-state index is -0.240. The summed E-state index contributed by atoms with van der Waals surface area (Å²) in [5.74, 6) is 1.23. The zero-order valence-corrected chi connectivity index (χ0v) is 19.5. The lowest BCUT2D eigenvalue weighted by Gasteiger charge is -2.21. The number of carbonyl (C=O) groups excluding carboxylic acids is 1. The van der Waals surface area contributed by atoms with E-state index in [0.717, 1.165) is 5.56 Å². The van der Waals surface area contributed by atoms with E-state index in [2.05, 4.69) is 9.97 Å². The monoisotopic (exact) mass is 487 g/mol. The molecule has 1 amide bonds. The van der Waals surface area contributed by atoms with E-state index in [4.69, 9.17) is 21.1 Å². The van der Waals surface area contributed by atoms with E-state index >= 15 is 0 Å². The Morgan fingerprint density at radius 3 is 2.66 bits per heavy atom. The number of carbonyl (C=O) groups is 1. The smallest absolute Gasteiger partial charge is 0.258 e. The summed E-state index contributed by atoms with van der Waals surface area (Å²) in [6, 6.07) is 20.3. The van der Waals surface area contributed by atoms with Crippen LogP contribution < -0.4 is 15.0 Å². The molecular weight excluding hydrogens is 466 g/mol. The molecule has 3 aromatic carbocycles. The summed E-state index contributed by atoms with van der Waals surface area (Å²) >= 11 is 6.33. The molecule has 1 aliphatic heterocycles. The van der Waals surface area contributed by atoms with Crippen LogP contribution in [-0.2, 0) is 17.9 Å². The van der Waals surface area contributed by atoms with Crippen LogP contribution in [0.5, 0.6) is 11.5 Å². The SMILES string of the molecule is O=C(/C=C/c1cc(Cl)c2c(c1)OCCO2)N(Cc1ccccc1)Cc1nc2ccccc2c(=O)[nH]1. The molecule has 0 saturated heterocycles. The van der Waals surface area contributed by atoms with Gasteiger partial charge < -0.3 is 19.4 Å². The maximum Gasteiger partial charge on any atom is 0.258 e. The third-order valence-electron chi connectivity index (χ3n) is 5.57. The molecule has 0 radical (unpaired) electrons. The first-order valence-corrected chi connectivity index (χ1v) is 11.5. The minimum absolute atomic E-state index is 0.139. The van der Waals surface area contributed by atoms with Crippen molar-refractivity contribution in [1.82, 2.24) is 14.9 Å². The van der Waals surface area contributed by atoms with E-state index in [1.54, 1.807) is 41.3 Å². The molecule has 0 fully saturated rings. The molecule has 0 spiro atoms. The molecular formula is C27H22ClN3O4. The Hall–Kier alpha value is -4.10. The molecule has 0 atom stereocenters. The first-order chi connectivity index (χ1) is 17.1. The maximum absolute atomic E-state index is 13.3. The molecule has 0 unspecified atom stereocenters. The van der Waals surface area contributed by atoms with Crippen molar-refractivity contribution in [2.45, 2.75) is 13.1 Å². The molecule has 8 heteroatoms. The number of para-hydroxylation sites is 1. The van der Waals surface area contributed by atoms with Crippen molar-refractivity contribution in [1.29, 1.82) is 0 Å². The van der Waals surface area contributed by atoms with Gasteiger partial charge in [0.1, 0.15) is 19.0 Å². The second-order valence-corrected chi connectivity index (χ2v) is 8.48. The van der Waals surface area contributed by atoms with Gasteiger partial charge in [-0.1, -0.05) is 54.1 Å². The average molecular weight is 488 g/mol. The molecule has 1 aliphatic rings. The Morgan fingerprint density at radius 1 is 1.03 bits per heavy atom. The minimum Gasteiger partial charge on any atom is -0.486 e. The van der Waals surface area contributed by atoms with E-state index in [9.17, 15) is 9.59 Å². The summed E-state index contributed by atoms with van der Waals surface area (Å²) in [5, 5.41) is 0.931. The fourth-order valence-electron chi connectivity index (χ4n) is 3.91. The van der Waals surface area contributed by atoms with Gasteiger partial charge in [0.05, 0.1) is 22.5 Å². The molecule has 7 nitrogen and oxygen atoms in total. The maximum atomic E-state index is 13.3. The Balaban J connectivity index is 1.42. The van der Waals surface area contributed by atoms with Crippen molar-refractivity contribution >= 4 is 34.5 Å². The molecule has 2 heterocycles. The van der Waals surface area contributed by atoms with E-state index in [1.807, 2.05) is 36.4 Å². The zero-order valence-electron chi connectivity index (χ0n) is 18.7. The Labute approximate surface area is 206 Å². The summed E-state index contributed by atoms with van der Waals surface area (Å²) in [6.45, 7) is 1.37. The Morgan fingerprint density at radius 2 is 1.80 bits per heavy atom. The van der Waals surface area contributed by atoms with E-state index in [1.165, 1.54) is 6.08 Å². The lowest BCUT2D eigenvalue weighted by Crippen LogP contribution is -2.30. The number of nitrogens with one attached hydrogen (secondary N) is 1. The van der Waals surface area contributed by atoms with Crippen molar-refractivity contribution in [2.24, 2.45) is 0 Å². The van der Waals surface area contributed by atoms with Crippen LogP contribution in [0.15, 0.2) is 77.6 Å². The van der Waals surface area contributed by atoms with E-state index in [-0.39, 0.29) is 18.0 Å². The van der Waals surface area contributed by atoms with Gasteiger partial charge in [0.15, 0.2) is 11.5 Å². The van der Waals surface area contributed by atoms with E-state index < -0.39 is 0 Å². The number of aromatic amines is 1. The second kappa shape index (κ2) is 10.0. The number of hydrogen-bond donors (Lipinski definition) is 1. The van der Waals surface area contributed by atoms with Gasteiger partial charge in [-0.3, -0.25) is 9.59 Å². The third kappa shape index (κ3) is 5.20. The molecule has 5 rings (SSSR count). The number of H-pyrrole nitrogens is 1. The Kier molecular flexibility index (Phi) is 6.50. The molecule has 0 bridgehead atoms. The lowest BCUT2D eigenvalue weighted by molar-refractivity contribution is -0.127. The zero-order chi connectivity index (χ0) is 24.2. The number of rotatable bonds is 6. The standard InChI is InChI=1S/C27H22ClN3O4/c28-21-14-19(15-23-26(21)35-13-12-34-23)10-11-25(32)31(16-18-6-2-1-3-7-18)17-24-29-22-9-5-4-8-20(22)27(33)30-24/h1-11,14-15H,12-13,16-17H2,(H,29,30,33)/b11-10+. The first kappa shape index (κ1) is 22.7.